The van der Waals surface area contributed by atoms with Crippen molar-refractivity contribution in [3.8, 4) is 0 Å². The van der Waals surface area contributed by atoms with Crippen LogP contribution in [0.1, 0.15) is 52.4 Å². The first-order chi connectivity index (χ1) is 17.3. The van der Waals surface area contributed by atoms with E-state index in [2.05, 4.69) is 99.9 Å². The van der Waals surface area contributed by atoms with Crippen LogP contribution in [-0.2, 0) is 0 Å². The molecule has 2 saturated heterocycles. The second kappa shape index (κ2) is 11.5. The summed E-state index contributed by atoms with van der Waals surface area (Å²) in [6, 6.07) is 0. The number of quaternary nitrogens is 2. The van der Waals surface area contributed by atoms with Gasteiger partial charge >= 0.3 is 0 Å². The molecule has 0 radical (unpaired) electrons. The molecule has 36 heavy (non-hydrogen) atoms. The van der Waals surface area contributed by atoms with Gasteiger partial charge in [-0.15, -0.1) is 13.2 Å². The van der Waals surface area contributed by atoms with E-state index in [1.54, 1.807) is 0 Å². The van der Waals surface area contributed by atoms with Crippen molar-refractivity contribution in [3.63, 3.8) is 0 Å². The molecular formula is C34H50N2+2. The van der Waals surface area contributed by atoms with E-state index in [4.69, 9.17) is 0 Å². The number of nitrogens with zero attached hydrogens (tertiary/aromatic N) is 2. The lowest BCUT2D eigenvalue weighted by atomic mass is 9.90. The Hall–Kier alpha value is -2.16. The number of piperidine rings is 2. The van der Waals surface area contributed by atoms with Gasteiger partial charge in [-0.05, 0) is 52.4 Å². The highest BCUT2D eigenvalue weighted by Gasteiger charge is 2.37. The van der Waals surface area contributed by atoms with Crippen LogP contribution in [0.3, 0.4) is 0 Å². The molecule has 2 nitrogen and oxygen atoms in total. The van der Waals surface area contributed by atoms with Gasteiger partial charge in [-0.2, -0.15) is 0 Å². The molecule has 0 bridgehead atoms. The normalized spacial score (nSPS) is 31.2. The predicted octanol–water partition coefficient (Wildman–Crippen LogP) is 7.48. The lowest BCUT2D eigenvalue weighted by Crippen LogP contribution is -2.61. The van der Waals surface area contributed by atoms with Gasteiger partial charge in [0.25, 0.3) is 0 Å². The fraction of sp³-hybridized carbons (Fsp3) is 0.529. The summed E-state index contributed by atoms with van der Waals surface area (Å²) in [6.07, 6.45) is 35.6. The zero-order chi connectivity index (χ0) is 25.5. The van der Waals surface area contributed by atoms with Crippen molar-refractivity contribution < 1.29 is 8.97 Å². The average Bonchev–Trinajstić information content (AvgIpc) is 3.20. The van der Waals surface area contributed by atoms with E-state index in [0.717, 1.165) is 13.1 Å². The first kappa shape index (κ1) is 26.9. The fourth-order valence-corrected chi connectivity index (χ4v) is 6.52. The second-order valence-electron chi connectivity index (χ2n) is 12.5. The average molecular weight is 487 g/mol. The molecule has 0 amide bonds. The molecule has 0 aromatic heterocycles. The summed E-state index contributed by atoms with van der Waals surface area (Å²) in [5.74, 6) is 0. The van der Waals surface area contributed by atoms with Crippen molar-refractivity contribution >= 4 is 0 Å². The Balaban J connectivity index is 1.51. The van der Waals surface area contributed by atoms with Crippen molar-refractivity contribution in [1.29, 1.82) is 0 Å². The van der Waals surface area contributed by atoms with Gasteiger partial charge in [0, 0.05) is 22.0 Å². The Kier molecular flexibility index (Phi) is 8.58. The van der Waals surface area contributed by atoms with Crippen molar-refractivity contribution in [2.75, 3.05) is 52.4 Å². The van der Waals surface area contributed by atoms with Crippen LogP contribution in [0.2, 0.25) is 0 Å². The second-order valence-corrected chi connectivity index (χ2v) is 12.5. The lowest BCUT2D eigenvalue weighted by Gasteiger charge is -2.47. The molecule has 2 aliphatic heterocycles. The van der Waals surface area contributed by atoms with Crippen molar-refractivity contribution in [1.82, 2.24) is 0 Å². The molecule has 2 heteroatoms. The van der Waals surface area contributed by atoms with Crippen molar-refractivity contribution in [2.45, 2.75) is 52.4 Å². The van der Waals surface area contributed by atoms with E-state index >= 15 is 0 Å². The fourth-order valence-electron chi connectivity index (χ4n) is 6.52. The SMILES string of the molecule is C=CC1(C)C=CC=C(C[N+]2(CC[N+]3(CC4=CC=CC(C)(C=C)C=C4)CCCCC3)CCCCC2)C=C1. The molecule has 0 aromatic carbocycles. The molecular weight excluding hydrogens is 436 g/mol. The smallest absolute Gasteiger partial charge is 0.129 e. The van der Waals surface area contributed by atoms with Gasteiger partial charge in [0.15, 0.2) is 0 Å². The van der Waals surface area contributed by atoms with Crippen LogP contribution in [0.15, 0.2) is 97.2 Å². The van der Waals surface area contributed by atoms with E-state index in [0.29, 0.717) is 0 Å². The molecule has 2 fully saturated rings. The Morgan fingerprint density at radius 1 is 0.639 bits per heavy atom. The number of rotatable bonds is 9. The van der Waals surface area contributed by atoms with Crippen LogP contribution >= 0.6 is 0 Å². The highest BCUT2D eigenvalue weighted by atomic mass is 15.4. The van der Waals surface area contributed by atoms with E-state index in [1.807, 2.05) is 0 Å². The summed E-state index contributed by atoms with van der Waals surface area (Å²) in [7, 11) is 0. The molecule has 2 atom stereocenters. The van der Waals surface area contributed by atoms with Gasteiger partial charge in [-0.25, -0.2) is 0 Å². The maximum atomic E-state index is 4.06. The monoisotopic (exact) mass is 486 g/mol. The Morgan fingerprint density at radius 2 is 1.03 bits per heavy atom. The predicted molar refractivity (Wildman–Crippen MR) is 156 cm³/mol. The summed E-state index contributed by atoms with van der Waals surface area (Å²) >= 11 is 0. The molecule has 2 aliphatic carbocycles. The third-order valence-electron chi connectivity index (χ3n) is 9.34. The molecule has 4 aliphatic rings. The molecule has 2 unspecified atom stereocenters. The highest BCUT2D eigenvalue weighted by molar-refractivity contribution is 5.35. The third-order valence-corrected chi connectivity index (χ3v) is 9.34. The van der Waals surface area contributed by atoms with Crippen LogP contribution in [0.25, 0.3) is 0 Å². The summed E-state index contributed by atoms with van der Waals surface area (Å²) in [6.45, 7) is 22.8. The maximum Gasteiger partial charge on any atom is 0.129 e. The van der Waals surface area contributed by atoms with Crippen molar-refractivity contribution in [2.24, 2.45) is 10.8 Å². The summed E-state index contributed by atoms with van der Waals surface area (Å²) in [5, 5.41) is 0. The molecule has 0 spiro atoms. The Bertz CT molecular complexity index is 895. The van der Waals surface area contributed by atoms with Gasteiger partial charge < -0.3 is 8.97 Å². The summed E-state index contributed by atoms with van der Waals surface area (Å²) in [4.78, 5) is 0. The minimum Gasteiger partial charge on any atom is -0.315 e. The molecule has 0 aromatic rings. The topological polar surface area (TPSA) is 0 Å². The minimum atomic E-state index is -0.0376. The van der Waals surface area contributed by atoms with Gasteiger partial charge in [0.2, 0.25) is 0 Å². The highest BCUT2D eigenvalue weighted by Crippen LogP contribution is 2.30. The Morgan fingerprint density at radius 3 is 1.39 bits per heavy atom. The number of hydrogen-bond acceptors (Lipinski definition) is 0. The zero-order valence-electron chi connectivity index (χ0n) is 23.1. The van der Waals surface area contributed by atoms with Crippen LogP contribution < -0.4 is 0 Å². The van der Waals surface area contributed by atoms with Gasteiger partial charge in [-0.3, -0.25) is 0 Å². The third kappa shape index (κ3) is 6.78. The molecule has 4 rings (SSSR count). The summed E-state index contributed by atoms with van der Waals surface area (Å²) < 4.78 is 2.52. The van der Waals surface area contributed by atoms with E-state index < -0.39 is 0 Å². The molecule has 0 saturated carbocycles. The summed E-state index contributed by atoms with van der Waals surface area (Å²) in [5.41, 5.74) is 2.88. The molecule has 0 N–H and O–H groups in total. The standard InChI is InChI=1S/C34H50N2/c1-5-33(3)19-13-15-31(17-21-33)29-35(23-9-7-10-24-35)27-28-36(25-11-8-12-26-36)30-32-16-14-20-34(4,6-2)22-18-32/h5-6,13-22H,1-2,7-12,23-30H2,3-4H3/q+2. The first-order valence-corrected chi connectivity index (χ1v) is 14.4. The lowest BCUT2D eigenvalue weighted by molar-refractivity contribution is -0.980. The van der Waals surface area contributed by atoms with Crippen LogP contribution in [0.4, 0.5) is 0 Å². The molecule has 194 valence electrons. The largest absolute Gasteiger partial charge is 0.315 e. The maximum absolute atomic E-state index is 4.06. The number of hydrogen-bond donors (Lipinski definition) is 0. The number of allylic oxidation sites excluding steroid dienone is 10. The quantitative estimate of drug-likeness (QED) is 0.234. The van der Waals surface area contributed by atoms with E-state index in [1.165, 1.54) is 97.9 Å². The first-order valence-electron chi connectivity index (χ1n) is 14.4. The Labute approximate surface area is 221 Å². The van der Waals surface area contributed by atoms with Crippen LogP contribution in [0, 0.1) is 10.8 Å². The molecule has 2 heterocycles. The van der Waals surface area contributed by atoms with E-state index in [-0.39, 0.29) is 10.8 Å². The van der Waals surface area contributed by atoms with Gasteiger partial charge in [0.1, 0.15) is 26.2 Å². The minimum absolute atomic E-state index is 0.0376. The number of likely N-dealkylation sites (tertiary alicyclic amines) is 2. The van der Waals surface area contributed by atoms with Gasteiger partial charge in [-0.1, -0.05) is 72.9 Å². The van der Waals surface area contributed by atoms with Gasteiger partial charge in [0.05, 0.1) is 26.2 Å². The van der Waals surface area contributed by atoms with Crippen LogP contribution in [-0.4, -0.2) is 61.3 Å². The van der Waals surface area contributed by atoms with Crippen LogP contribution in [0.5, 0.6) is 0 Å². The van der Waals surface area contributed by atoms with Crippen molar-refractivity contribution in [3.05, 3.63) is 97.2 Å². The van der Waals surface area contributed by atoms with E-state index in [9.17, 15) is 0 Å². The zero-order valence-corrected chi connectivity index (χ0v) is 23.1.